The molecule has 0 bridgehead atoms. The Kier molecular flexibility index (Phi) is 7.16. The molecule has 0 unspecified atom stereocenters. The number of thiophene rings is 1. The van der Waals surface area contributed by atoms with Gasteiger partial charge in [0, 0.05) is 81.3 Å². The van der Waals surface area contributed by atoms with Gasteiger partial charge >= 0.3 is 0 Å². The van der Waals surface area contributed by atoms with Crippen molar-refractivity contribution >= 4 is 80.8 Å². The molecule has 0 radical (unpaired) electrons. The van der Waals surface area contributed by atoms with Crippen LogP contribution in [0, 0.1) is 0 Å². The van der Waals surface area contributed by atoms with Gasteiger partial charge in [-0.05, 0) is 43.2 Å². The minimum Gasteiger partial charge on any atom is -0.455 e. The summed E-state index contributed by atoms with van der Waals surface area (Å²) in [4.78, 5) is 15.2. The smallest absolute Gasteiger partial charge is 0.164 e. The van der Waals surface area contributed by atoms with Gasteiger partial charge in [0.15, 0.2) is 17.5 Å². The van der Waals surface area contributed by atoms with E-state index in [-0.39, 0.29) is 0 Å². The first-order valence-electron chi connectivity index (χ1n) is 19.3. The Morgan fingerprint density at radius 2 is 1.21 bits per heavy atom. The number of aromatic nitrogens is 4. The van der Waals surface area contributed by atoms with E-state index in [9.17, 15) is 0 Å². The Morgan fingerprint density at radius 3 is 2.02 bits per heavy atom. The predicted octanol–water partition coefficient (Wildman–Crippen LogP) is 14.0. The van der Waals surface area contributed by atoms with E-state index in [4.69, 9.17) is 19.4 Å². The van der Waals surface area contributed by atoms with Crippen molar-refractivity contribution in [1.29, 1.82) is 0 Å². The third-order valence-electron chi connectivity index (χ3n) is 11.3. The second kappa shape index (κ2) is 12.7. The molecule has 268 valence electrons. The molecule has 0 atom stereocenters. The quantitative estimate of drug-likeness (QED) is 0.176. The van der Waals surface area contributed by atoms with Crippen LogP contribution in [0.15, 0.2) is 174 Å². The van der Waals surface area contributed by atoms with Crippen LogP contribution < -0.4 is 0 Å². The number of nitrogens with zero attached hydrogens (tertiary/aromatic N) is 4. The fourth-order valence-corrected chi connectivity index (χ4v) is 9.96. The number of fused-ring (bicyclic) bond motifs is 9. The predicted molar refractivity (Wildman–Crippen MR) is 237 cm³/mol. The normalized spacial score (nSPS) is 13.2. The lowest BCUT2D eigenvalue weighted by Crippen LogP contribution is -2.03. The molecule has 0 spiro atoms. The standard InChI is InChI=1S/C51H32N4OS/c1-3-14-31(15-4-1)49-52-50(32-16-5-2-6-17-32)54-51(53-49)41-24-13-27-45-46(41)40-23-12-22-39(48(40)57-45)38-21-11-20-37-36-29-28-33(30-44(36)56-47(37)38)55-42-25-9-7-18-34(42)35-19-8-10-26-43(35)55/h1,3-5,7-30H,2,6H2. The highest BCUT2D eigenvalue weighted by atomic mass is 32.1. The van der Waals surface area contributed by atoms with E-state index in [2.05, 4.69) is 156 Å². The summed E-state index contributed by atoms with van der Waals surface area (Å²) in [5.74, 6) is 2.04. The number of benzene rings is 7. The van der Waals surface area contributed by atoms with Gasteiger partial charge in [0.05, 0.1) is 11.0 Å². The van der Waals surface area contributed by atoms with Crippen LogP contribution in [0.5, 0.6) is 0 Å². The zero-order valence-electron chi connectivity index (χ0n) is 30.7. The highest BCUT2D eigenvalue weighted by Crippen LogP contribution is 2.46. The van der Waals surface area contributed by atoms with Gasteiger partial charge in [-0.15, -0.1) is 11.3 Å². The molecule has 0 N–H and O–H groups in total. The Labute approximate surface area is 331 Å². The number of furan rings is 1. The number of rotatable bonds is 5. The Hall–Kier alpha value is -7.15. The van der Waals surface area contributed by atoms with Gasteiger partial charge in [-0.3, -0.25) is 0 Å². The fourth-order valence-electron chi connectivity index (χ4n) is 8.71. The van der Waals surface area contributed by atoms with Crippen molar-refractivity contribution in [3.05, 3.63) is 176 Å². The molecule has 57 heavy (non-hydrogen) atoms. The van der Waals surface area contributed by atoms with E-state index in [1.54, 1.807) is 11.3 Å². The monoisotopic (exact) mass is 748 g/mol. The molecule has 0 amide bonds. The van der Waals surface area contributed by atoms with Gasteiger partial charge in [0.1, 0.15) is 11.2 Å². The molecular weight excluding hydrogens is 717 g/mol. The molecule has 1 aliphatic carbocycles. The maximum atomic E-state index is 6.90. The third kappa shape index (κ3) is 5.04. The minimum atomic E-state index is 0.672. The van der Waals surface area contributed by atoms with Crippen LogP contribution >= 0.6 is 11.3 Å². The third-order valence-corrected chi connectivity index (χ3v) is 12.5. The lowest BCUT2D eigenvalue weighted by molar-refractivity contribution is 0.670. The first kappa shape index (κ1) is 32.1. The molecule has 0 fully saturated rings. The van der Waals surface area contributed by atoms with Crippen LogP contribution in [0.25, 0.3) is 109 Å². The van der Waals surface area contributed by atoms with E-state index in [1.807, 2.05) is 18.2 Å². The van der Waals surface area contributed by atoms with Crippen LogP contribution in [0.1, 0.15) is 18.7 Å². The van der Waals surface area contributed by atoms with Crippen LogP contribution in [-0.2, 0) is 0 Å². The summed E-state index contributed by atoms with van der Waals surface area (Å²) in [6.07, 6.45) is 8.56. The molecule has 7 aromatic carbocycles. The van der Waals surface area contributed by atoms with E-state index >= 15 is 0 Å². The minimum absolute atomic E-state index is 0.672. The van der Waals surface area contributed by atoms with Crippen molar-refractivity contribution in [2.24, 2.45) is 0 Å². The maximum absolute atomic E-state index is 6.90. The highest BCUT2D eigenvalue weighted by Gasteiger charge is 2.21. The van der Waals surface area contributed by atoms with Gasteiger partial charge in [0.25, 0.3) is 0 Å². The number of allylic oxidation sites excluding steroid dienone is 4. The lowest BCUT2D eigenvalue weighted by Gasteiger charge is -2.11. The van der Waals surface area contributed by atoms with E-state index in [0.717, 1.165) is 73.7 Å². The maximum Gasteiger partial charge on any atom is 0.164 e. The zero-order chi connectivity index (χ0) is 37.5. The van der Waals surface area contributed by atoms with Crippen molar-refractivity contribution in [2.75, 3.05) is 0 Å². The molecule has 4 aromatic heterocycles. The van der Waals surface area contributed by atoms with Crippen molar-refractivity contribution < 1.29 is 4.42 Å². The molecule has 0 saturated heterocycles. The van der Waals surface area contributed by atoms with E-state index in [0.29, 0.717) is 17.5 Å². The van der Waals surface area contributed by atoms with Crippen molar-refractivity contribution in [2.45, 2.75) is 12.8 Å². The highest BCUT2D eigenvalue weighted by molar-refractivity contribution is 7.26. The van der Waals surface area contributed by atoms with E-state index in [1.165, 1.54) is 36.6 Å². The van der Waals surface area contributed by atoms with Crippen LogP contribution in [0.4, 0.5) is 0 Å². The second-order valence-electron chi connectivity index (χ2n) is 14.6. The van der Waals surface area contributed by atoms with Gasteiger partial charge in [-0.25, -0.2) is 15.0 Å². The molecular formula is C51H32N4OS. The molecule has 1 aliphatic rings. The molecule has 11 aromatic rings. The first-order valence-corrected chi connectivity index (χ1v) is 20.2. The molecule has 6 heteroatoms. The van der Waals surface area contributed by atoms with Crippen LogP contribution in [-0.4, -0.2) is 19.5 Å². The molecule has 5 nitrogen and oxygen atoms in total. The topological polar surface area (TPSA) is 56.7 Å². The van der Waals surface area contributed by atoms with Crippen molar-refractivity contribution in [1.82, 2.24) is 19.5 Å². The summed E-state index contributed by atoms with van der Waals surface area (Å²) < 4.78 is 11.6. The van der Waals surface area contributed by atoms with Crippen LogP contribution in [0.3, 0.4) is 0 Å². The number of hydrogen-bond acceptors (Lipinski definition) is 5. The first-order chi connectivity index (χ1) is 28.3. The van der Waals surface area contributed by atoms with Crippen LogP contribution in [0.2, 0.25) is 0 Å². The van der Waals surface area contributed by atoms with Gasteiger partial charge in [-0.2, -0.15) is 0 Å². The second-order valence-corrected chi connectivity index (χ2v) is 15.7. The molecule has 0 saturated carbocycles. The summed E-state index contributed by atoms with van der Waals surface area (Å²) in [7, 11) is 0. The SMILES string of the molecule is C1=CC(c2nc(-c3ccccc3)nc(-c3cccc4sc5c(-c6cccc7c6oc6cc(-n8c9ccccc9c9ccccc98)ccc67)cccc5c34)n2)=CCC1. The van der Waals surface area contributed by atoms with E-state index < -0.39 is 0 Å². The molecule has 12 rings (SSSR count). The lowest BCUT2D eigenvalue weighted by atomic mass is 9.99. The summed E-state index contributed by atoms with van der Waals surface area (Å²) in [5.41, 5.74) is 10.4. The van der Waals surface area contributed by atoms with Gasteiger partial charge in [-0.1, -0.05) is 133 Å². The fraction of sp³-hybridized carbons (Fsp3) is 0.0392. The summed E-state index contributed by atoms with van der Waals surface area (Å²) in [6, 6.07) is 53.6. The zero-order valence-corrected chi connectivity index (χ0v) is 31.5. The van der Waals surface area contributed by atoms with Crippen molar-refractivity contribution in [3.63, 3.8) is 0 Å². The van der Waals surface area contributed by atoms with Gasteiger partial charge < -0.3 is 8.98 Å². The molecule has 0 aliphatic heterocycles. The summed E-state index contributed by atoms with van der Waals surface area (Å²) >= 11 is 1.80. The number of hydrogen-bond donors (Lipinski definition) is 0. The Balaban J connectivity index is 1.03. The average Bonchev–Trinajstić information content (AvgIpc) is 3.96. The average molecular weight is 749 g/mol. The Bertz CT molecular complexity index is 3420. The Morgan fingerprint density at radius 1 is 0.526 bits per heavy atom. The molecule has 4 heterocycles. The number of para-hydroxylation sites is 3. The largest absolute Gasteiger partial charge is 0.455 e. The summed E-state index contributed by atoms with van der Waals surface area (Å²) in [5, 5.41) is 7.01. The summed E-state index contributed by atoms with van der Waals surface area (Å²) in [6.45, 7) is 0. The van der Waals surface area contributed by atoms with Crippen molar-refractivity contribution in [3.8, 4) is 39.6 Å². The van der Waals surface area contributed by atoms with Gasteiger partial charge in [0.2, 0.25) is 0 Å².